The molecular weight excluding hydrogens is 446 g/mol. The Morgan fingerprint density at radius 3 is 2.34 bits per heavy atom. The lowest BCUT2D eigenvalue weighted by Gasteiger charge is -2.39. The van der Waals surface area contributed by atoms with Crippen molar-refractivity contribution < 1.29 is 19.1 Å². The van der Waals surface area contributed by atoms with E-state index >= 15 is 0 Å². The van der Waals surface area contributed by atoms with E-state index in [1.165, 1.54) is 0 Å². The molecule has 2 N–H and O–H groups in total. The van der Waals surface area contributed by atoms with Gasteiger partial charge in [0.1, 0.15) is 11.8 Å². The third kappa shape index (κ3) is 6.30. The molecule has 9 nitrogen and oxygen atoms in total. The van der Waals surface area contributed by atoms with Gasteiger partial charge in [0.25, 0.3) is 0 Å². The fraction of sp³-hybridized carbons (Fsp3) is 0.423. The number of anilines is 2. The molecule has 2 fully saturated rings. The Morgan fingerprint density at radius 1 is 1.00 bits per heavy atom. The first-order valence-electron chi connectivity index (χ1n) is 12.0. The van der Waals surface area contributed by atoms with Gasteiger partial charge in [0.15, 0.2) is 0 Å². The smallest absolute Gasteiger partial charge is 0.243 e. The number of ether oxygens (including phenoxy) is 1. The molecule has 2 saturated heterocycles. The standard InChI is InChI=1S/C26H33N5O4/c1-19-3-5-20(6-4-19)28-24(32)17-23-26(34)27-11-12-31(23)25(33)18-29-13-15-30(16-14-29)21-7-9-22(35-2)10-8-21/h3-10,23H,11-18H2,1-2H3,(H,27,34)(H,28,32)/t23-/m1/s1. The van der Waals surface area contributed by atoms with Crippen LogP contribution in [0.3, 0.4) is 0 Å². The minimum atomic E-state index is -0.803. The van der Waals surface area contributed by atoms with Crippen molar-refractivity contribution in [3.05, 3.63) is 54.1 Å². The van der Waals surface area contributed by atoms with E-state index in [0.29, 0.717) is 18.8 Å². The maximum atomic E-state index is 13.2. The zero-order chi connectivity index (χ0) is 24.8. The average Bonchev–Trinajstić information content (AvgIpc) is 2.87. The highest BCUT2D eigenvalue weighted by atomic mass is 16.5. The number of benzene rings is 2. The molecule has 0 spiro atoms. The second kappa shape index (κ2) is 11.2. The molecule has 9 heteroatoms. The van der Waals surface area contributed by atoms with Crippen molar-refractivity contribution in [2.75, 3.05) is 63.1 Å². The number of hydrogen-bond donors (Lipinski definition) is 2. The number of aryl methyl sites for hydroxylation is 1. The van der Waals surface area contributed by atoms with Gasteiger partial charge in [-0.05, 0) is 43.3 Å². The largest absolute Gasteiger partial charge is 0.497 e. The predicted octanol–water partition coefficient (Wildman–Crippen LogP) is 1.48. The summed E-state index contributed by atoms with van der Waals surface area (Å²) in [7, 11) is 1.65. The van der Waals surface area contributed by atoms with Gasteiger partial charge in [0.2, 0.25) is 17.7 Å². The lowest BCUT2D eigenvalue weighted by atomic mass is 10.1. The van der Waals surface area contributed by atoms with Gasteiger partial charge in [-0.2, -0.15) is 0 Å². The second-order valence-corrected chi connectivity index (χ2v) is 8.97. The van der Waals surface area contributed by atoms with Gasteiger partial charge in [-0.1, -0.05) is 17.7 Å². The zero-order valence-electron chi connectivity index (χ0n) is 20.3. The van der Waals surface area contributed by atoms with Gasteiger partial charge in [-0.3, -0.25) is 19.3 Å². The summed E-state index contributed by atoms with van der Waals surface area (Å²) in [5.74, 6) is 0.131. The summed E-state index contributed by atoms with van der Waals surface area (Å²) in [5.41, 5.74) is 2.89. The highest BCUT2D eigenvalue weighted by Crippen LogP contribution is 2.21. The first-order chi connectivity index (χ1) is 16.9. The molecular formula is C26H33N5O4. The Kier molecular flexibility index (Phi) is 7.87. The van der Waals surface area contributed by atoms with E-state index in [1.807, 2.05) is 55.5 Å². The highest BCUT2D eigenvalue weighted by Gasteiger charge is 2.35. The molecule has 2 aliphatic rings. The van der Waals surface area contributed by atoms with E-state index in [4.69, 9.17) is 4.74 Å². The van der Waals surface area contributed by atoms with Gasteiger partial charge in [-0.15, -0.1) is 0 Å². The van der Waals surface area contributed by atoms with Crippen LogP contribution in [-0.4, -0.2) is 86.5 Å². The van der Waals surface area contributed by atoms with Crippen LogP contribution in [0.25, 0.3) is 0 Å². The Bertz CT molecular complexity index is 1030. The molecule has 0 aromatic heterocycles. The van der Waals surface area contributed by atoms with Crippen molar-refractivity contribution in [2.24, 2.45) is 0 Å². The van der Waals surface area contributed by atoms with E-state index in [0.717, 1.165) is 43.2 Å². The summed E-state index contributed by atoms with van der Waals surface area (Å²) in [6.07, 6.45) is -0.0727. The van der Waals surface area contributed by atoms with Crippen molar-refractivity contribution in [3.63, 3.8) is 0 Å². The van der Waals surface area contributed by atoms with E-state index in [2.05, 4.69) is 20.4 Å². The molecule has 2 aromatic carbocycles. The van der Waals surface area contributed by atoms with E-state index in [9.17, 15) is 14.4 Å². The molecule has 35 heavy (non-hydrogen) atoms. The van der Waals surface area contributed by atoms with Crippen LogP contribution in [0.15, 0.2) is 48.5 Å². The van der Waals surface area contributed by atoms with Gasteiger partial charge >= 0.3 is 0 Å². The monoisotopic (exact) mass is 479 g/mol. The minimum absolute atomic E-state index is 0.0727. The number of nitrogens with zero attached hydrogens (tertiary/aromatic N) is 3. The van der Waals surface area contributed by atoms with Crippen LogP contribution < -0.4 is 20.3 Å². The Balaban J connectivity index is 1.31. The summed E-state index contributed by atoms with van der Waals surface area (Å²) < 4.78 is 5.23. The van der Waals surface area contributed by atoms with Gasteiger partial charge in [0.05, 0.1) is 20.1 Å². The fourth-order valence-corrected chi connectivity index (χ4v) is 4.48. The average molecular weight is 480 g/mol. The van der Waals surface area contributed by atoms with Crippen LogP contribution >= 0.6 is 0 Å². The van der Waals surface area contributed by atoms with Crippen LogP contribution in [-0.2, 0) is 14.4 Å². The molecule has 0 unspecified atom stereocenters. The lowest BCUT2D eigenvalue weighted by molar-refractivity contribution is -0.145. The van der Waals surface area contributed by atoms with Crippen molar-refractivity contribution in [2.45, 2.75) is 19.4 Å². The fourth-order valence-electron chi connectivity index (χ4n) is 4.48. The van der Waals surface area contributed by atoms with Crippen molar-refractivity contribution in [1.82, 2.24) is 15.1 Å². The van der Waals surface area contributed by atoms with Gasteiger partial charge < -0.3 is 25.2 Å². The second-order valence-electron chi connectivity index (χ2n) is 8.97. The number of hydrogen-bond acceptors (Lipinski definition) is 6. The van der Waals surface area contributed by atoms with Gasteiger partial charge in [-0.25, -0.2) is 0 Å². The number of rotatable bonds is 7. The summed E-state index contributed by atoms with van der Waals surface area (Å²) in [4.78, 5) is 44.3. The first-order valence-corrected chi connectivity index (χ1v) is 12.0. The minimum Gasteiger partial charge on any atom is -0.497 e. The number of nitrogens with one attached hydrogen (secondary N) is 2. The quantitative estimate of drug-likeness (QED) is 0.625. The topological polar surface area (TPSA) is 94.2 Å². The maximum absolute atomic E-state index is 13.2. The summed E-state index contributed by atoms with van der Waals surface area (Å²) in [5, 5.41) is 5.61. The van der Waals surface area contributed by atoms with Crippen LogP contribution in [0.4, 0.5) is 11.4 Å². The molecule has 0 saturated carbocycles. The Labute approximate surface area is 206 Å². The van der Waals surface area contributed by atoms with Gasteiger partial charge in [0, 0.05) is 50.6 Å². The van der Waals surface area contributed by atoms with E-state index < -0.39 is 6.04 Å². The summed E-state index contributed by atoms with van der Waals surface area (Å²) in [6.45, 7) is 6.11. The first kappa shape index (κ1) is 24.5. The SMILES string of the molecule is COc1ccc(N2CCN(CC(=O)N3CCNC(=O)[C@H]3CC(=O)Nc3ccc(C)cc3)CC2)cc1. The molecule has 3 amide bonds. The molecule has 0 aliphatic carbocycles. The number of amides is 3. The maximum Gasteiger partial charge on any atom is 0.243 e. The van der Waals surface area contributed by atoms with Crippen molar-refractivity contribution in [3.8, 4) is 5.75 Å². The third-order valence-electron chi connectivity index (χ3n) is 6.53. The third-order valence-corrected chi connectivity index (χ3v) is 6.53. The predicted molar refractivity (Wildman–Crippen MR) is 135 cm³/mol. The molecule has 4 rings (SSSR count). The van der Waals surface area contributed by atoms with Crippen LogP contribution in [0, 0.1) is 6.92 Å². The van der Waals surface area contributed by atoms with Crippen LogP contribution in [0.1, 0.15) is 12.0 Å². The molecule has 1 atom stereocenters. The van der Waals surface area contributed by atoms with E-state index in [-0.39, 0.29) is 30.7 Å². The van der Waals surface area contributed by atoms with Crippen molar-refractivity contribution in [1.29, 1.82) is 0 Å². The number of carbonyl (C=O) groups is 3. The zero-order valence-corrected chi connectivity index (χ0v) is 20.3. The summed E-state index contributed by atoms with van der Waals surface area (Å²) in [6, 6.07) is 14.6. The lowest BCUT2D eigenvalue weighted by Crippen LogP contribution is -2.60. The number of methoxy groups -OCH3 is 1. The molecule has 2 heterocycles. The molecule has 0 radical (unpaired) electrons. The molecule has 186 valence electrons. The number of carbonyl (C=O) groups excluding carboxylic acids is 3. The Morgan fingerprint density at radius 2 is 1.69 bits per heavy atom. The number of piperazine rings is 2. The van der Waals surface area contributed by atoms with Crippen LogP contribution in [0.2, 0.25) is 0 Å². The van der Waals surface area contributed by atoms with Crippen molar-refractivity contribution >= 4 is 29.1 Å². The highest BCUT2D eigenvalue weighted by molar-refractivity contribution is 5.97. The normalized spacial score (nSPS) is 18.7. The van der Waals surface area contributed by atoms with Crippen LogP contribution in [0.5, 0.6) is 5.75 Å². The molecule has 2 aliphatic heterocycles. The summed E-state index contributed by atoms with van der Waals surface area (Å²) >= 11 is 0. The van der Waals surface area contributed by atoms with E-state index in [1.54, 1.807) is 12.0 Å². The molecule has 0 bridgehead atoms. The Hall–Kier alpha value is -3.59. The molecule has 2 aromatic rings.